The fourth-order valence-corrected chi connectivity index (χ4v) is 4.12. The molecule has 1 aliphatic rings. The van der Waals surface area contributed by atoms with Gasteiger partial charge in [0.2, 0.25) is 0 Å². The van der Waals surface area contributed by atoms with Crippen molar-refractivity contribution in [2.75, 3.05) is 53.1 Å². The van der Waals surface area contributed by atoms with Crippen molar-refractivity contribution >= 4 is 29.6 Å². The second-order valence-corrected chi connectivity index (χ2v) is 9.83. The van der Waals surface area contributed by atoms with Gasteiger partial charge in [-0.25, -0.2) is 4.79 Å². The zero-order chi connectivity index (χ0) is 28.8. The third kappa shape index (κ3) is 10.1. The highest BCUT2D eigenvalue weighted by Crippen LogP contribution is 2.39. The first kappa shape index (κ1) is 31.9. The summed E-state index contributed by atoms with van der Waals surface area (Å²) in [5.41, 5.74) is 9.21. The van der Waals surface area contributed by atoms with E-state index in [1.54, 1.807) is 19.1 Å². The van der Waals surface area contributed by atoms with Gasteiger partial charge < -0.3 is 29.2 Å². The summed E-state index contributed by atoms with van der Waals surface area (Å²) in [6.45, 7) is 8.56. The van der Waals surface area contributed by atoms with Crippen LogP contribution in [0.25, 0.3) is 10.4 Å². The number of hydrogen-bond acceptors (Lipinski definition) is 10. The average molecular weight is 565 g/mol. The number of aliphatic imine (C=N–C) groups is 1. The van der Waals surface area contributed by atoms with Gasteiger partial charge in [-0.3, -0.25) is 4.79 Å². The lowest BCUT2D eigenvalue weighted by Gasteiger charge is -2.38. The van der Waals surface area contributed by atoms with E-state index in [1.807, 2.05) is 37.8 Å². The maximum absolute atomic E-state index is 13.3. The van der Waals surface area contributed by atoms with Crippen LogP contribution in [0, 0.1) is 0 Å². The van der Waals surface area contributed by atoms with Gasteiger partial charge in [-0.15, -0.1) is 0 Å². The molecule has 39 heavy (non-hydrogen) atoms. The molecule has 1 aromatic carbocycles. The van der Waals surface area contributed by atoms with Gasteiger partial charge in [0, 0.05) is 23.0 Å². The molecule has 1 unspecified atom stereocenters. The number of ether oxygens (including phenoxy) is 4. The first-order chi connectivity index (χ1) is 18.6. The third-order valence-corrected chi connectivity index (χ3v) is 5.67. The number of carbonyl (C=O) groups is 2. The summed E-state index contributed by atoms with van der Waals surface area (Å²) < 4.78 is 22.0. The van der Waals surface area contributed by atoms with E-state index in [1.165, 1.54) is 7.11 Å². The molecule has 0 saturated heterocycles. The molecule has 0 aliphatic carbocycles. The zero-order valence-electron chi connectivity index (χ0n) is 23.1. The minimum atomic E-state index is -0.674. The van der Waals surface area contributed by atoms with Gasteiger partial charge in [-0.05, 0) is 57.8 Å². The molecule has 1 N–H and O–H groups in total. The van der Waals surface area contributed by atoms with E-state index >= 15 is 0 Å². The third-order valence-electron chi connectivity index (χ3n) is 5.33. The van der Waals surface area contributed by atoms with E-state index < -0.39 is 17.6 Å². The van der Waals surface area contributed by atoms with Crippen LogP contribution in [-0.4, -0.2) is 81.6 Å². The van der Waals surface area contributed by atoms with E-state index in [2.05, 4.69) is 20.3 Å². The Hall–Kier alpha value is -3.31. The van der Waals surface area contributed by atoms with Crippen molar-refractivity contribution in [3.63, 3.8) is 0 Å². The lowest BCUT2D eigenvalue weighted by atomic mass is 9.93. The predicted molar refractivity (Wildman–Crippen MR) is 147 cm³/mol. The number of carbonyl (C=O) groups excluding carboxylic acids is 2. The van der Waals surface area contributed by atoms with Gasteiger partial charge in [-0.1, -0.05) is 34.9 Å². The van der Waals surface area contributed by atoms with Crippen LogP contribution in [-0.2, 0) is 28.5 Å². The van der Waals surface area contributed by atoms with Gasteiger partial charge in [0.25, 0.3) is 6.02 Å². The molecular formula is C26H37ClN6O6. The van der Waals surface area contributed by atoms with Crippen LogP contribution in [0.1, 0.15) is 45.7 Å². The van der Waals surface area contributed by atoms with Gasteiger partial charge in [0.05, 0.1) is 50.8 Å². The molecule has 2 rings (SSSR count). The number of methoxy groups -OCH3 is 1. The average Bonchev–Trinajstić information content (AvgIpc) is 2.87. The van der Waals surface area contributed by atoms with Gasteiger partial charge in [0.1, 0.15) is 5.60 Å². The summed E-state index contributed by atoms with van der Waals surface area (Å²) in [7, 11) is 1.49. The number of benzene rings is 1. The molecule has 1 heterocycles. The smallest absolute Gasteiger partial charge is 0.338 e. The van der Waals surface area contributed by atoms with Crippen LogP contribution in [0.3, 0.4) is 0 Å². The molecular weight excluding hydrogens is 528 g/mol. The van der Waals surface area contributed by atoms with Crippen molar-refractivity contribution in [2.24, 2.45) is 10.1 Å². The van der Waals surface area contributed by atoms with Gasteiger partial charge >= 0.3 is 11.9 Å². The number of amidine groups is 1. The molecule has 0 fully saturated rings. The Balaban J connectivity index is 2.34. The van der Waals surface area contributed by atoms with E-state index in [-0.39, 0.29) is 50.5 Å². The highest BCUT2D eigenvalue weighted by atomic mass is 35.5. The Morgan fingerprint density at radius 3 is 2.67 bits per heavy atom. The molecule has 0 saturated carbocycles. The molecule has 1 atom stereocenters. The Labute approximate surface area is 233 Å². The largest absolute Gasteiger partial charge is 0.468 e. The minimum Gasteiger partial charge on any atom is -0.468 e. The number of esters is 2. The Morgan fingerprint density at radius 1 is 1.28 bits per heavy atom. The molecule has 214 valence electrons. The summed E-state index contributed by atoms with van der Waals surface area (Å²) in [4.78, 5) is 34.5. The Kier molecular flexibility index (Phi) is 13.0. The van der Waals surface area contributed by atoms with Crippen LogP contribution in [0.2, 0.25) is 5.02 Å². The SMILES string of the molecule is CCOC(=O)C1=C(COCCN=[N+]=[N-])N=C(OC)N(CCCNCC(=O)OC(C)(C)C)C1c1ccccc1Cl. The predicted octanol–water partition coefficient (Wildman–Crippen LogP) is 4.16. The maximum Gasteiger partial charge on any atom is 0.338 e. The summed E-state index contributed by atoms with van der Waals surface area (Å²) in [6, 6.07) is 6.81. The first-order valence-electron chi connectivity index (χ1n) is 12.7. The summed E-state index contributed by atoms with van der Waals surface area (Å²) in [5.74, 6) is -0.894. The molecule has 0 spiro atoms. The molecule has 13 heteroatoms. The molecule has 1 aliphatic heterocycles. The number of nitrogens with one attached hydrogen (secondary N) is 1. The van der Waals surface area contributed by atoms with Crippen LogP contribution < -0.4 is 5.32 Å². The molecule has 0 radical (unpaired) electrons. The minimum absolute atomic E-state index is 0.0335. The highest BCUT2D eigenvalue weighted by Gasteiger charge is 2.39. The highest BCUT2D eigenvalue weighted by molar-refractivity contribution is 6.31. The van der Waals surface area contributed by atoms with Crippen molar-refractivity contribution in [1.82, 2.24) is 10.2 Å². The normalized spacial score (nSPS) is 15.4. The quantitative estimate of drug-likeness (QED) is 0.116. The van der Waals surface area contributed by atoms with Crippen LogP contribution >= 0.6 is 11.6 Å². The Bertz CT molecular complexity index is 1100. The zero-order valence-corrected chi connectivity index (χ0v) is 23.9. The lowest BCUT2D eigenvalue weighted by Crippen LogP contribution is -2.43. The van der Waals surface area contributed by atoms with Crippen molar-refractivity contribution in [1.29, 1.82) is 0 Å². The van der Waals surface area contributed by atoms with Crippen LogP contribution in [0.4, 0.5) is 0 Å². The number of azide groups is 1. The standard InChI is InChI=1S/C26H37ClN6O6/c1-6-38-24(35)22-20(17-37-15-13-30-32-28)31-25(36-5)33(23(22)18-10-7-8-11-19(18)27)14-9-12-29-16-21(34)39-26(2,3)4/h7-8,10-11,23,29H,6,9,12-17H2,1-5H3. The molecule has 12 nitrogen and oxygen atoms in total. The number of hydrogen-bond donors (Lipinski definition) is 1. The molecule has 0 aromatic heterocycles. The molecule has 0 bridgehead atoms. The monoisotopic (exact) mass is 564 g/mol. The van der Waals surface area contributed by atoms with E-state index in [0.29, 0.717) is 35.8 Å². The van der Waals surface area contributed by atoms with E-state index in [0.717, 1.165) is 0 Å². The van der Waals surface area contributed by atoms with E-state index in [4.69, 9.17) is 36.1 Å². The van der Waals surface area contributed by atoms with Crippen LogP contribution in [0.5, 0.6) is 0 Å². The van der Waals surface area contributed by atoms with Gasteiger partial charge in [-0.2, -0.15) is 4.99 Å². The first-order valence-corrected chi connectivity index (χ1v) is 13.1. The summed E-state index contributed by atoms with van der Waals surface area (Å²) in [6.07, 6.45) is 0.584. The molecule has 1 aromatic rings. The van der Waals surface area contributed by atoms with Crippen LogP contribution in [0.15, 0.2) is 45.6 Å². The Morgan fingerprint density at radius 2 is 2.03 bits per heavy atom. The fourth-order valence-electron chi connectivity index (χ4n) is 3.88. The van der Waals surface area contributed by atoms with E-state index in [9.17, 15) is 9.59 Å². The van der Waals surface area contributed by atoms with Crippen molar-refractivity contribution in [3.05, 3.63) is 56.6 Å². The second kappa shape index (κ2) is 15.9. The number of halogens is 1. The summed E-state index contributed by atoms with van der Waals surface area (Å²) >= 11 is 6.62. The second-order valence-electron chi connectivity index (χ2n) is 9.42. The topological polar surface area (TPSA) is 147 Å². The fraction of sp³-hybridized carbons (Fsp3) is 0.577. The summed E-state index contributed by atoms with van der Waals surface area (Å²) in [5, 5.41) is 7.00. The lowest BCUT2D eigenvalue weighted by molar-refractivity contribution is -0.153. The maximum atomic E-state index is 13.3. The number of rotatable bonds is 14. The van der Waals surface area contributed by atoms with Gasteiger partial charge in [0.15, 0.2) is 0 Å². The molecule has 0 amide bonds. The van der Waals surface area contributed by atoms with Crippen molar-refractivity contribution < 1.29 is 28.5 Å². The van der Waals surface area contributed by atoms with Crippen molar-refractivity contribution in [3.8, 4) is 0 Å². The van der Waals surface area contributed by atoms with Crippen molar-refractivity contribution in [2.45, 2.75) is 45.8 Å². The number of nitrogens with zero attached hydrogens (tertiary/aromatic N) is 5.